The van der Waals surface area contributed by atoms with Gasteiger partial charge >= 0.3 is 0 Å². The van der Waals surface area contributed by atoms with Crippen molar-refractivity contribution in [2.75, 3.05) is 26.8 Å². The van der Waals surface area contributed by atoms with E-state index in [1.807, 2.05) is 43.0 Å². The lowest BCUT2D eigenvalue weighted by molar-refractivity contribution is -0.147. The Morgan fingerprint density at radius 3 is 2.64 bits per heavy atom. The molecule has 2 aliphatic rings. The number of methoxy groups -OCH3 is 1. The van der Waals surface area contributed by atoms with Crippen molar-refractivity contribution in [2.45, 2.75) is 39.0 Å². The van der Waals surface area contributed by atoms with Gasteiger partial charge in [0.1, 0.15) is 5.75 Å². The monoisotopic (exact) mass is 346 g/mol. The van der Waals surface area contributed by atoms with Gasteiger partial charge in [0.05, 0.1) is 31.8 Å². The highest BCUT2D eigenvalue weighted by molar-refractivity contribution is 5.89. The lowest BCUT2D eigenvalue weighted by Gasteiger charge is -2.38. The van der Waals surface area contributed by atoms with Crippen molar-refractivity contribution >= 4 is 11.8 Å². The maximum atomic E-state index is 12.9. The van der Waals surface area contributed by atoms with Crippen LogP contribution in [0.4, 0.5) is 0 Å². The van der Waals surface area contributed by atoms with Gasteiger partial charge in [-0.15, -0.1) is 0 Å². The molecule has 1 aromatic carbocycles. The number of carbonyl (C=O) groups excluding carboxylic acids is 2. The van der Waals surface area contributed by atoms with Crippen molar-refractivity contribution in [1.29, 1.82) is 0 Å². The third-order valence-corrected chi connectivity index (χ3v) is 4.99. The van der Waals surface area contributed by atoms with Crippen LogP contribution in [0.15, 0.2) is 24.3 Å². The zero-order valence-electron chi connectivity index (χ0n) is 15.1. The van der Waals surface area contributed by atoms with Crippen LogP contribution in [-0.2, 0) is 20.9 Å². The number of hydrogen-bond acceptors (Lipinski definition) is 4. The van der Waals surface area contributed by atoms with E-state index in [1.165, 1.54) is 0 Å². The molecule has 0 saturated carbocycles. The number of hydrogen-bond donors (Lipinski definition) is 0. The van der Waals surface area contributed by atoms with Crippen molar-refractivity contribution < 1.29 is 19.1 Å². The van der Waals surface area contributed by atoms with Gasteiger partial charge in [0.25, 0.3) is 0 Å². The molecule has 0 bridgehead atoms. The molecule has 6 heteroatoms. The summed E-state index contributed by atoms with van der Waals surface area (Å²) in [6.07, 6.45) is 0.348. The number of nitrogens with zero attached hydrogens (tertiary/aromatic N) is 2. The van der Waals surface area contributed by atoms with Crippen LogP contribution in [0.3, 0.4) is 0 Å². The van der Waals surface area contributed by atoms with Gasteiger partial charge in [-0.25, -0.2) is 0 Å². The Labute approximate surface area is 148 Å². The summed E-state index contributed by atoms with van der Waals surface area (Å²) in [4.78, 5) is 28.9. The van der Waals surface area contributed by atoms with Crippen LogP contribution < -0.4 is 4.74 Å². The Kier molecular flexibility index (Phi) is 5.27. The number of rotatable bonds is 4. The topological polar surface area (TPSA) is 59.1 Å². The van der Waals surface area contributed by atoms with Gasteiger partial charge in [-0.3, -0.25) is 9.59 Å². The van der Waals surface area contributed by atoms with Crippen LogP contribution in [0, 0.1) is 5.92 Å². The molecule has 2 saturated heterocycles. The van der Waals surface area contributed by atoms with E-state index < -0.39 is 0 Å². The average Bonchev–Trinajstić information content (AvgIpc) is 2.98. The third kappa shape index (κ3) is 3.95. The minimum Gasteiger partial charge on any atom is -0.497 e. The second-order valence-corrected chi connectivity index (χ2v) is 7.01. The van der Waals surface area contributed by atoms with E-state index in [-0.39, 0.29) is 29.9 Å². The predicted octanol–water partition coefficient (Wildman–Crippen LogP) is 1.68. The highest BCUT2D eigenvalue weighted by Crippen LogP contribution is 2.25. The van der Waals surface area contributed by atoms with E-state index in [0.29, 0.717) is 32.7 Å². The Morgan fingerprint density at radius 1 is 1.24 bits per heavy atom. The lowest BCUT2D eigenvalue weighted by Crippen LogP contribution is -2.52. The van der Waals surface area contributed by atoms with E-state index in [9.17, 15) is 9.59 Å². The maximum Gasteiger partial charge on any atom is 0.228 e. The number of ether oxygens (including phenoxy) is 2. The van der Waals surface area contributed by atoms with Crippen molar-refractivity contribution in [3.8, 4) is 5.75 Å². The molecule has 1 aromatic rings. The summed E-state index contributed by atoms with van der Waals surface area (Å²) >= 11 is 0. The molecule has 0 aromatic heterocycles. The second kappa shape index (κ2) is 7.44. The van der Waals surface area contributed by atoms with Gasteiger partial charge in [0, 0.05) is 26.1 Å². The normalized spacial score (nSPS) is 26.8. The number of benzene rings is 1. The van der Waals surface area contributed by atoms with Crippen molar-refractivity contribution in [1.82, 2.24) is 9.80 Å². The zero-order valence-corrected chi connectivity index (χ0v) is 15.1. The number of amides is 2. The number of likely N-dealkylation sites (tertiary alicyclic amines) is 1. The minimum absolute atomic E-state index is 0.0446. The molecule has 0 radical (unpaired) electrons. The van der Waals surface area contributed by atoms with Crippen LogP contribution >= 0.6 is 0 Å². The largest absolute Gasteiger partial charge is 0.497 e. The standard InChI is InChI=1S/C19H26N2O4/c1-13-12-25-14(2)9-21(13)19(23)16-8-18(22)20(11-16)10-15-4-6-17(24-3)7-5-15/h4-7,13-14,16H,8-12H2,1-3H3/t13-,14+,16+/m0/s1. The van der Waals surface area contributed by atoms with E-state index >= 15 is 0 Å². The zero-order chi connectivity index (χ0) is 18.0. The van der Waals surface area contributed by atoms with Crippen LogP contribution in [0.1, 0.15) is 25.8 Å². The van der Waals surface area contributed by atoms with E-state index in [0.717, 1.165) is 11.3 Å². The van der Waals surface area contributed by atoms with Gasteiger partial charge in [0.2, 0.25) is 11.8 Å². The second-order valence-electron chi connectivity index (χ2n) is 7.01. The molecule has 0 unspecified atom stereocenters. The molecule has 3 atom stereocenters. The van der Waals surface area contributed by atoms with E-state index in [1.54, 1.807) is 12.0 Å². The first-order valence-electron chi connectivity index (χ1n) is 8.80. The summed E-state index contributed by atoms with van der Waals surface area (Å²) < 4.78 is 10.7. The molecule has 2 heterocycles. The summed E-state index contributed by atoms with van der Waals surface area (Å²) in [5.74, 6) is 0.662. The maximum absolute atomic E-state index is 12.9. The molecule has 0 spiro atoms. The van der Waals surface area contributed by atoms with Crippen molar-refractivity contribution in [2.24, 2.45) is 5.92 Å². The summed E-state index contributed by atoms with van der Waals surface area (Å²) in [7, 11) is 1.63. The Morgan fingerprint density at radius 2 is 1.96 bits per heavy atom. The molecular weight excluding hydrogens is 320 g/mol. The molecule has 2 fully saturated rings. The molecule has 3 rings (SSSR count). The van der Waals surface area contributed by atoms with E-state index in [2.05, 4.69) is 0 Å². The number of morpholine rings is 1. The predicted molar refractivity (Wildman–Crippen MR) is 93.1 cm³/mol. The summed E-state index contributed by atoms with van der Waals surface area (Å²) in [6, 6.07) is 7.74. The minimum atomic E-state index is -0.251. The van der Waals surface area contributed by atoms with Gasteiger partial charge in [-0.2, -0.15) is 0 Å². The fraction of sp³-hybridized carbons (Fsp3) is 0.579. The van der Waals surface area contributed by atoms with Gasteiger partial charge < -0.3 is 19.3 Å². The third-order valence-electron chi connectivity index (χ3n) is 4.99. The Bertz CT molecular complexity index is 631. The highest BCUT2D eigenvalue weighted by atomic mass is 16.5. The van der Waals surface area contributed by atoms with Crippen LogP contribution in [0.5, 0.6) is 5.75 Å². The first-order chi connectivity index (χ1) is 12.0. The smallest absolute Gasteiger partial charge is 0.228 e. The Hall–Kier alpha value is -2.08. The quantitative estimate of drug-likeness (QED) is 0.832. The molecule has 25 heavy (non-hydrogen) atoms. The SMILES string of the molecule is COc1ccc(CN2C[C@H](C(=O)N3C[C@@H](C)OC[C@@H]3C)CC2=O)cc1. The van der Waals surface area contributed by atoms with Gasteiger partial charge in [-0.1, -0.05) is 12.1 Å². The summed E-state index contributed by atoms with van der Waals surface area (Å²) in [5, 5.41) is 0. The molecular formula is C19H26N2O4. The molecule has 2 aliphatic heterocycles. The van der Waals surface area contributed by atoms with E-state index in [4.69, 9.17) is 9.47 Å². The molecule has 0 N–H and O–H groups in total. The van der Waals surface area contributed by atoms with Crippen molar-refractivity contribution in [3.05, 3.63) is 29.8 Å². The van der Waals surface area contributed by atoms with Crippen LogP contribution in [0.25, 0.3) is 0 Å². The Balaban J connectivity index is 1.62. The first-order valence-corrected chi connectivity index (χ1v) is 8.80. The first kappa shape index (κ1) is 17.7. The molecule has 136 valence electrons. The van der Waals surface area contributed by atoms with Crippen LogP contribution in [0.2, 0.25) is 0 Å². The lowest BCUT2D eigenvalue weighted by atomic mass is 10.0. The number of carbonyl (C=O) groups is 2. The molecule has 6 nitrogen and oxygen atoms in total. The molecule has 2 amide bonds. The summed E-state index contributed by atoms with van der Waals surface area (Å²) in [6.45, 7) is 6.15. The average molecular weight is 346 g/mol. The van der Waals surface area contributed by atoms with Gasteiger partial charge in [0.15, 0.2) is 0 Å². The highest BCUT2D eigenvalue weighted by Gasteiger charge is 2.39. The molecule has 0 aliphatic carbocycles. The fourth-order valence-corrected chi connectivity index (χ4v) is 3.49. The van der Waals surface area contributed by atoms with Crippen LogP contribution in [-0.4, -0.2) is 60.6 Å². The van der Waals surface area contributed by atoms with Gasteiger partial charge in [-0.05, 0) is 31.5 Å². The summed E-state index contributed by atoms with van der Waals surface area (Å²) in [5.41, 5.74) is 1.04. The van der Waals surface area contributed by atoms with Crippen molar-refractivity contribution in [3.63, 3.8) is 0 Å². The fourth-order valence-electron chi connectivity index (χ4n) is 3.49.